The maximum absolute atomic E-state index is 13.2. The van der Waals surface area contributed by atoms with Crippen molar-refractivity contribution >= 4 is 11.7 Å². The van der Waals surface area contributed by atoms with Gasteiger partial charge in [-0.3, -0.25) is 4.79 Å². The summed E-state index contributed by atoms with van der Waals surface area (Å²) in [5.41, 5.74) is 0. The van der Waals surface area contributed by atoms with Crippen molar-refractivity contribution in [2.75, 3.05) is 24.7 Å². The second kappa shape index (κ2) is 5.08. The molecule has 0 spiro atoms. The molecular weight excluding hydrogens is 251 g/mol. The summed E-state index contributed by atoms with van der Waals surface area (Å²) in [5, 5.41) is 2.94. The highest BCUT2D eigenvalue weighted by atomic mass is 19.1. The molecule has 102 valence electrons. The molecular formula is C12H15FN4O2. The minimum absolute atomic E-state index is 0.0822. The number of anilines is 1. The normalized spacial score (nSPS) is 23.2. The van der Waals surface area contributed by atoms with Crippen LogP contribution in [0, 0.1) is 5.95 Å². The lowest BCUT2D eigenvalue weighted by atomic mass is 10.2. The minimum atomic E-state index is -0.599. The molecule has 2 aliphatic rings. The van der Waals surface area contributed by atoms with Crippen LogP contribution in [0.25, 0.3) is 0 Å². The highest BCUT2D eigenvalue weighted by Crippen LogP contribution is 2.21. The first-order valence-electron chi connectivity index (χ1n) is 6.36. The van der Waals surface area contributed by atoms with Gasteiger partial charge in [0.15, 0.2) is 0 Å². The lowest BCUT2D eigenvalue weighted by Gasteiger charge is -2.35. The van der Waals surface area contributed by atoms with E-state index in [1.165, 1.54) is 6.07 Å². The molecule has 1 aromatic rings. The minimum Gasteiger partial charge on any atom is -0.377 e. The molecule has 0 aromatic carbocycles. The number of nitrogens with zero attached hydrogens (tertiary/aromatic N) is 3. The van der Waals surface area contributed by atoms with Crippen LogP contribution in [-0.4, -0.2) is 47.7 Å². The van der Waals surface area contributed by atoms with Crippen molar-refractivity contribution < 1.29 is 13.9 Å². The van der Waals surface area contributed by atoms with Crippen molar-refractivity contribution in [3.8, 4) is 0 Å². The molecule has 1 unspecified atom stereocenters. The Kier molecular flexibility index (Phi) is 3.29. The third-order valence-corrected chi connectivity index (χ3v) is 3.27. The van der Waals surface area contributed by atoms with Gasteiger partial charge in [-0.2, -0.15) is 4.39 Å². The van der Waals surface area contributed by atoms with E-state index in [4.69, 9.17) is 4.74 Å². The van der Waals surface area contributed by atoms with Crippen LogP contribution < -0.4 is 10.2 Å². The van der Waals surface area contributed by atoms with Gasteiger partial charge < -0.3 is 15.0 Å². The molecule has 1 aliphatic heterocycles. The average Bonchev–Trinajstić information content (AvgIpc) is 3.23. The molecule has 7 heteroatoms. The topological polar surface area (TPSA) is 67.3 Å². The van der Waals surface area contributed by atoms with Gasteiger partial charge in [-0.25, -0.2) is 9.97 Å². The van der Waals surface area contributed by atoms with E-state index in [-0.39, 0.29) is 5.91 Å². The SMILES string of the molecule is O=C(NC1CC1)C1COCCN1c1cc(F)ncn1. The summed E-state index contributed by atoms with van der Waals surface area (Å²) >= 11 is 0. The van der Waals surface area contributed by atoms with E-state index in [1.807, 2.05) is 0 Å². The summed E-state index contributed by atoms with van der Waals surface area (Å²) in [5.74, 6) is -0.259. The quantitative estimate of drug-likeness (QED) is 0.786. The molecule has 1 aromatic heterocycles. The van der Waals surface area contributed by atoms with Crippen LogP contribution in [0.3, 0.4) is 0 Å². The van der Waals surface area contributed by atoms with Crippen LogP contribution in [0.5, 0.6) is 0 Å². The number of ether oxygens (including phenoxy) is 1. The van der Waals surface area contributed by atoms with Crippen LogP contribution in [0.2, 0.25) is 0 Å². The summed E-state index contributed by atoms with van der Waals surface area (Å²) in [7, 11) is 0. The smallest absolute Gasteiger partial charge is 0.245 e. The van der Waals surface area contributed by atoms with Crippen LogP contribution in [0.1, 0.15) is 12.8 Å². The number of aromatic nitrogens is 2. The predicted octanol–water partition coefficient (Wildman–Crippen LogP) is 0.0995. The number of carbonyl (C=O) groups excluding carboxylic acids is 1. The molecule has 1 saturated carbocycles. The van der Waals surface area contributed by atoms with Crippen LogP contribution in [0.4, 0.5) is 10.2 Å². The fourth-order valence-electron chi connectivity index (χ4n) is 2.10. The molecule has 1 amide bonds. The van der Waals surface area contributed by atoms with Crippen molar-refractivity contribution in [1.29, 1.82) is 0 Å². The number of halogens is 1. The Hall–Kier alpha value is -1.76. The third-order valence-electron chi connectivity index (χ3n) is 3.27. The molecule has 1 atom stereocenters. The van der Waals surface area contributed by atoms with Crippen molar-refractivity contribution in [3.63, 3.8) is 0 Å². The number of hydrogen-bond acceptors (Lipinski definition) is 5. The number of rotatable bonds is 3. The van der Waals surface area contributed by atoms with Crippen LogP contribution in [-0.2, 0) is 9.53 Å². The molecule has 1 N–H and O–H groups in total. The van der Waals surface area contributed by atoms with Gasteiger partial charge in [0.1, 0.15) is 18.2 Å². The predicted molar refractivity (Wildman–Crippen MR) is 65.1 cm³/mol. The van der Waals surface area contributed by atoms with Crippen molar-refractivity contribution in [2.24, 2.45) is 0 Å². The fourth-order valence-corrected chi connectivity index (χ4v) is 2.10. The Balaban J connectivity index is 1.77. The van der Waals surface area contributed by atoms with E-state index in [2.05, 4.69) is 15.3 Å². The zero-order chi connectivity index (χ0) is 13.2. The monoisotopic (exact) mass is 266 g/mol. The molecule has 19 heavy (non-hydrogen) atoms. The van der Waals surface area contributed by atoms with Gasteiger partial charge in [-0.15, -0.1) is 0 Å². The molecule has 1 aliphatic carbocycles. The maximum Gasteiger partial charge on any atom is 0.245 e. The molecule has 0 radical (unpaired) electrons. The summed E-state index contributed by atoms with van der Waals surface area (Å²) in [6, 6.07) is 1.07. The highest BCUT2D eigenvalue weighted by molar-refractivity contribution is 5.85. The van der Waals surface area contributed by atoms with Gasteiger partial charge in [-0.05, 0) is 12.8 Å². The third kappa shape index (κ3) is 2.81. The van der Waals surface area contributed by atoms with E-state index >= 15 is 0 Å². The summed E-state index contributed by atoms with van der Waals surface area (Å²) in [4.78, 5) is 21.4. The lowest BCUT2D eigenvalue weighted by Crippen LogP contribution is -2.54. The number of nitrogens with one attached hydrogen (secondary N) is 1. The van der Waals surface area contributed by atoms with Gasteiger partial charge in [0, 0.05) is 18.7 Å². The van der Waals surface area contributed by atoms with Gasteiger partial charge in [0.2, 0.25) is 11.9 Å². The van der Waals surface area contributed by atoms with Crippen LogP contribution >= 0.6 is 0 Å². The van der Waals surface area contributed by atoms with E-state index < -0.39 is 12.0 Å². The Morgan fingerprint density at radius 3 is 3.05 bits per heavy atom. The molecule has 3 rings (SSSR count). The first-order chi connectivity index (χ1) is 9.24. The summed E-state index contributed by atoms with van der Waals surface area (Å²) in [6.07, 6.45) is 3.22. The van der Waals surface area contributed by atoms with E-state index in [0.29, 0.717) is 31.6 Å². The highest BCUT2D eigenvalue weighted by Gasteiger charge is 2.33. The summed E-state index contributed by atoms with van der Waals surface area (Å²) < 4.78 is 18.5. The second-order valence-corrected chi connectivity index (χ2v) is 4.77. The Morgan fingerprint density at radius 2 is 2.32 bits per heavy atom. The van der Waals surface area contributed by atoms with Gasteiger partial charge in [-0.1, -0.05) is 0 Å². The Bertz CT molecular complexity index is 481. The van der Waals surface area contributed by atoms with Gasteiger partial charge >= 0.3 is 0 Å². The van der Waals surface area contributed by atoms with Crippen molar-refractivity contribution in [1.82, 2.24) is 15.3 Å². The maximum atomic E-state index is 13.2. The first kappa shape index (κ1) is 12.3. The van der Waals surface area contributed by atoms with E-state index in [1.54, 1.807) is 4.90 Å². The number of hydrogen-bond donors (Lipinski definition) is 1. The van der Waals surface area contributed by atoms with Gasteiger partial charge in [0.25, 0.3) is 0 Å². The second-order valence-electron chi connectivity index (χ2n) is 4.77. The van der Waals surface area contributed by atoms with Crippen LogP contribution in [0.15, 0.2) is 12.4 Å². The van der Waals surface area contributed by atoms with E-state index in [9.17, 15) is 9.18 Å². The molecule has 0 bridgehead atoms. The first-order valence-corrected chi connectivity index (χ1v) is 6.36. The molecule has 6 nitrogen and oxygen atoms in total. The summed E-state index contributed by atoms with van der Waals surface area (Å²) in [6.45, 7) is 1.31. The Morgan fingerprint density at radius 1 is 1.47 bits per heavy atom. The molecule has 2 heterocycles. The molecule has 2 fully saturated rings. The number of morpholine rings is 1. The largest absolute Gasteiger partial charge is 0.377 e. The van der Waals surface area contributed by atoms with Crippen molar-refractivity contribution in [2.45, 2.75) is 24.9 Å². The van der Waals surface area contributed by atoms with Gasteiger partial charge in [0.05, 0.1) is 13.2 Å². The molecule has 1 saturated heterocycles. The number of amides is 1. The lowest BCUT2D eigenvalue weighted by molar-refractivity contribution is -0.124. The fraction of sp³-hybridized carbons (Fsp3) is 0.583. The number of carbonyl (C=O) groups is 1. The zero-order valence-corrected chi connectivity index (χ0v) is 10.4. The standard InChI is InChI=1S/C12H15FN4O2/c13-10-5-11(15-7-14-10)17-3-4-19-6-9(17)12(18)16-8-1-2-8/h5,7-9H,1-4,6H2,(H,16,18). The average molecular weight is 266 g/mol. The van der Waals surface area contributed by atoms with E-state index in [0.717, 1.165) is 19.2 Å². The zero-order valence-electron chi connectivity index (χ0n) is 10.4. The Labute approximate surface area is 110 Å². The van der Waals surface area contributed by atoms with Crippen molar-refractivity contribution in [3.05, 3.63) is 18.3 Å².